The Morgan fingerprint density at radius 2 is 1.93 bits per heavy atom. The molecule has 1 amide bonds. The van der Waals surface area contributed by atoms with Crippen LogP contribution in [0.25, 0.3) is 6.08 Å². The van der Waals surface area contributed by atoms with Gasteiger partial charge in [-0.25, -0.2) is 9.18 Å². The highest BCUT2D eigenvalue weighted by molar-refractivity contribution is 5.71. The van der Waals surface area contributed by atoms with E-state index in [4.69, 9.17) is 14.2 Å². The Hall–Kier alpha value is -2.95. The Morgan fingerprint density at radius 1 is 1.20 bits per heavy atom. The number of anilines is 1. The predicted molar refractivity (Wildman–Crippen MR) is 157 cm³/mol. The Balaban J connectivity index is 1.83. The van der Waals surface area contributed by atoms with Gasteiger partial charge < -0.3 is 34.4 Å². The lowest BCUT2D eigenvalue weighted by atomic mass is 9.91. The van der Waals surface area contributed by atoms with E-state index in [1.54, 1.807) is 0 Å². The van der Waals surface area contributed by atoms with Gasteiger partial charge in [0.05, 0.1) is 25.7 Å². The molecule has 1 fully saturated rings. The average Bonchev–Trinajstić information content (AvgIpc) is 2.91. The molecule has 1 saturated heterocycles. The Bertz CT molecular complexity index is 1070. The first-order chi connectivity index (χ1) is 19.5. The molecule has 0 spiro atoms. The standard InChI is InChI=1S/C31H46FN3O6/c1-21-6-8-27(36)20-29(37)41-30(22(2)7-9-28(21)40-31(38)33-10-11-34(4)5)23(3)16-24-17-25(32)19-26(18-24)35-12-14-39-15-13-35/h7,9,16-19,21-22,27-28,30,36H,6,8,10-15,20H2,1-5H3,(H,33,38)/b9-7-,23-16+/t21-,22-,27+,28-,30-/m0/s1. The molecule has 10 heteroatoms. The van der Waals surface area contributed by atoms with E-state index >= 15 is 0 Å². The fourth-order valence-corrected chi connectivity index (χ4v) is 5.03. The van der Waals surface area contributed by atoms with Gasteiger partial charge in [-0.1, -0.05) is 26.0 Å². The molecule has 41 heavy (non-hydrogen) atoms. The minimum atomic E-state index is -0.873. The fraction of sp³-hybridized carbons (Fsp3) is 0.613. The second-order valence-corrected chi connectivity index (χ2v) is 11.4. The van der Waals surface area contributed by atoms with Gasteiger partial charge in [0, 0.05) is 37.8 Å². The molecule has 0 bridgehead atoms. The van der Waals surface area contributed by atoms with E-state index in [1.807, 2.05) is 64.1 Å². The summed E-state index contributed by atoms with van der Waals surface area (Å²) in [6.45, 7) is 9.42. The first-order valence-corrected chi connectivity index (χ1v) is 14.5. The van der Waals surface area contributed by atoms with Crippen LogP contribution in [0.4, 0.5) is 14.9 Å². The molecule has 0 radical (unpaired) electrons. The van der Waals surface area contributed by atoms with Crippen LogP contribution < -0.4 is 10.2 Å². The van der Waals surface area contributed by atoms with Crippen molar-refractivity contribution in [2.24, 2.45) is 11.8 Å². The number of hydrogen-bond donors (Lipinski definition) is 2. The number of carbonyl (C=O) groups is 2. The van der Waals surface area contributed by atoms with Crippen LogP contribution in [0.1, 0.15) is 45.6 Å². The number of ether oxygens (including phenoxy) is 3. The summed E-state index contributed by atoms with van der Waals surface area (Å²) in [6, 6.07) is 4.88. The van der Waals surface area contributed by atoms with Gasteiger partial charge in [0.15, 0.2) is 0 Å². The Morgan fingerprint density at radius 3 is 2.63 bits per heavy atom. The zero-order valence-corrected chi connectivity index (χ0v) is 25.0. The monoisotopic (exact) mass is 575 g/mol. The van der Waals surface area contributed by atoms with Crippen molar-refractivity contribution in [1.82, 2.24) is 10.2 Å². The average molecular weight is 576 g/mol. The van der Waals surface area contributed by atoms with Gasteiger partial charge in [-0.05, 0) is 75.2 Å². The predicted octanol–water partition coefficient (Wildman–Crippen LogP) is 4.01. The van der Waals surface area contributed by atoms with Crippen molar-refractivity contribution < 1.29 is 33.3 Å². The SMILES string of the molecule is C/C(=C\c1cc(F)cc(N2CCOCC2)c1)[C@H]1OC(=O)C[C@H](O)CC[C@H](C)[C@@H](OC(=O)NCCN(C)C)/C=C\[C@@H]1C. The summed E-state index contributed by atoms with van der Waals surface area (Å²) >= 11 is 0. The molecule has 1 aromatic carbocycles. The number of nitrogens with one attached hydrogen (secondary N) is 1. The summed E-state index contributed by atoms with van der Waals surface area (Å²) in [6.07, 6.45) is 3.79. The number of benzene rings is 1. The maximum absolute atomic E-state index is 14.6. The van der Waals surface area contributed by atoms with E-state index in [2.05, 4.69) is 10.2 Å². The van der Waals surface area contributed by atoms with Gasteiger partial charge in [0.1, 0.15) is 18.0 Å². The van der Waals surface area contributed by atoms with Crippen molar-refractivity contribution >= 4 is 23.8 Å². The number of aliphatic hydroxyl groups is 1. The number of cyclic esters (lactones) is 1. The molecule has 0 aromatic heterocycles. The number of hydrogen-bond acceptors (Lipinski definition) is 8. The summed E-state index contributed by atoms with van der Waals surface area (Å²) in [5.41, 5.74) is 2.16. The van der Waals surface area contributed by atoms with Gasteiger partial charge in [0.2, 0.25) is 0 Å². The minimum Gasteiger partial charge on any atom is -0.457 e. The molecule has 0 saturated carbocycles. The van der Waals surface area contributed by atoms with Gasteiger partial charge in [-0.2, -0.15) is 0 Å². The van der Waals surface area contributed by atoms with Gasteiger partial charge >= 0.3 is 12.1 Å². The molecular formula is C31H46FN3O6. The molecule has 9 nitrogen and oxygen atoms in total. The third kappa shape index (κ3) is 10.8. The van der Waals surface area contributed by atoms with Crippen molar-refractivity contribution in [1.29, 1.82) is 0 Å². The number of morpholine rings is 1. The number of alkyl carbamates (subject to hydrolysis) is 1. The van der Waals surface area contributed by atoms with Crippen LogP contribution in [-0.4, -0.2) is 93.9 Å². The fourth-order valence-electron chi connectivity index (χ4n) is 5.03. The van der Waals surface area contributed by atoms with E-state index < -0.39 is 30.4 Å². The lowest BCUT2D eigenvalue weighted by Crippen LogP contribution is -2.36. The second-order valence-electron chi connectivity index (χ2n) is 11.4. The molecule has 2 N–H and O–H groups in total. The molecule has 0 unspecified atom stereocenters. The third-order valence-corrected chi connectivity index (χ3v) is 7.45. The summed E-state index contributed by atoms with van der Waals surface area (Å²) in [7, 11) is 3.85. The van der Waals surface area contributed by atoms with Gasteiger partial charge in [-0.15, -0.1) is 0 Å². The highest BCUT2D eigenvalue weighted by Crippen LogP contribution is 2.27. The van der Waals surface area contributed by atoms with Crippen LogP contribution in [0, 0.1) is 17.7 Å². The number of esters is 1. The van der Waals surface area contributed by atoms with Crippen LogP contribution in [0.15, 0.2) is 35.9 Å². The lowest BCUT2D eigenvalue weighted by Gasteiger charge is -2.29. The number of amides is 1. The van der Waals surface area contributed by atoms with E-state index in [0.717, 1.165) is 11.3 Å². The molecule has 1 aromatic rings. The van der Waals surface area contributed by atoms with Crippen molar-refractivity contribution in [3.63, 3.8) is 0 Å². The first-order valence-electron chi connectivity index (χ1n) is 14.5. The van der Waals surface area contributed by atoms with Crippen LogP contribution in [-0.2, 0) is 19.0 Å². The normalized spacial score (nSPS) is 27.4. The number of nitrogens with zero attached hydrogens (tertiary/aromatic N) is 2. The first kappa shape index (κ1) is 32.6. The van der Waals surface area contributed by atoms with Crippen LogP contribution in [0.3, 0.4) is 0 Å². The molecule has 5 atom stereocenters. The van der Waals surface area contributed by atoms with Crippen LogP contribution in [0.5, 0.6) is 0 Å². The maximum atomic E-state index is 14.6. The van der Waals surface area contributed by atoms with Crippen molar-refractivity contribution in [3.8, 4) is 0 Å². The van der Waals surface area contributed by atoms with Crippen molar-refractivity contribution in [3.05, 3.63) is 47.3 Å². The lowest BCUT2D eigenvalue weighted by molar-refractivity contribution is -0.151. The smallest absolute Gasteiger partial charge is 0.407 e. The Labute approximate surface area is 243 Å². The van der Waals surface area contributed by atoms with Crippen LogP contribution in [0.2, 0.25) is 0 Å². The molecule has 0 aliphatic carbocycles. The molecule has 2 aliphatic heterocycles. The second kappa shape index (κ2) is 15.9. The maximum Gasteiger partial charge on any atom is 0.407 e. The number of aliphatic hydroxyl groups excluding tert-OH is 1. The molecule has 228 valence electrons. The zero-order valence-electron chi connectivity index (χ0n) is 25.0. The van der Waals surface area contributed by atoms with Gasteiger partial charge in [0.25, 0.3) is 0 Å². The number of carbonyl (C=O) groups excluding carboxylic acids is 2. The summed E-state index contributed by atoms with van der Waals surface area (Å²) < 4.78 is 31.6. The quantitative estimate of drug-likeness (QED) is 0.372. The topological polar surface area (TPSA) is 101 Å². The highest BCUT2D eigenvalue weighted by atomic mass is 19.1. The highest BCUT2D eigenvalue weighted by Gasteiger charge is 2.27. The number of halogens is 1. The summed E-state index contributed by atoms with van der Waals surface area (Å²) in [5, 5.41) is 13.3. The third-order valence-electron chi connectivity index (χ3n) is 7.45. The zero-order chi connectivity index (χ0) is 29.9. The summed E-state index contributed by atoms with van der Waals surface area (Å²) in [5.74, 6) is -1.21. The number of rotatable bonds is 7. The molecule has 2 aliphatic rings. The van der Waals surface area contributed by atoms with Gasteiger partial charge in [-0.3, -0.25) is 4.79 Å². The minimum absolute atomic E-state index is 0.0795. The van der Waals surface area contributed by atoms with Crippen molar-refractivity contribution in [2.75, 3.05) is 58.4 Å². The number of likely N-dealkylation sites (N-methyl/N-ethyl adjacent to an activating group) is 1. The van der Waals surface area contributed by atoms with Crippen LogP contribution >= 0.6 is 0 Å². The Kier molecular flexibility index (Phi) is 12.6. The van der Waals surface area contributed by atoms with Crippen molar-refractivity contribution in [2.45, 2.75) is 58.3 Å². The van der Waals surface area contributed by atoms with E-state index in [1.165, 1.54) is 12.1 Å². The molecular weight excluding hydrogens is 529 g/mol. The largest absolute Gasteiger partial charge is 0.457 e. The molecule has 3 rings (SSSR count). The molecule has 2 heterocycles. The van der Waals surface area contributed by atoms with E-state index in [-0.39, 0.29) is 24.1 Å². The van der Waals surface area contributed by atoms with E-state index in [0.29, 0.717) is 57.8 Å². The van der Waals surface area contributed by atoms with E-state index in [9.17, 15) is 19.1 Å². The summed E-state index contributed by atoms with van der Waals surface area (Å²) in [4.78, 5) is 29.3.